The Morgan fingerprint density at radius 2 is 2.28 bits per heavy atom. The molecule has 1 aliphatic rings. The molecule has 0 radical (unpaired) electrons. The third-order valence-corrected chi connectivity index (χ3v) is 4.14. The Hall–Kier alpha value is -2.90. The number of anilines is 2. The molecule has 0 saturated heterocycles. The zero-order valence-electron chi connectivity index (χ0n) is 14.1. The Kier molecular flexibility index (Phi) is 4.09. The topological polar surface area (TPSA) is 86.9 Å². The lowest BCUT2D eigenvalue weighted by Crippen LogP contribution is -2.13. The summed E-state index contributed by atoms with van der Waals surface area (Å²) in [6.07, 6.45) is 9.85. The van der Waals surface area contributed by atoms with E-state index in [0.717, 1.165) is 29.2 Å². The van der Waals surface area contributed by atoms with Gasteiger partial charge in [-0.25, -0.2) is 4.98 Å². The molecule has 0 spiro atoms. The van der Waals surface area contributed by atoms with E-state index in [1.807, 2.05) is 12.3 Å². The number of nitrogens with one attached hydrogen (secondary N) is 1. The number of carbonyl (C=O) groups excluding carboxylic acids is 1. The van der Waals surface area contributed by atoms with Gasteiger partial charge in [-0.2, -0.15) is 10.1 Å². The first-order valence-corrected chi connectivity index (χ1v) is 8.48. The van der Waals surface area contributed by atoms with Gasteiger partial charge in [-0.1, -0.05) is 0 Å². The zero-order valence-corrected chi connectivity index (χ0v) is 14.1. The highest BCUT2D eigenvalue weighted by Crippen LogP contribution is 2.31. The summed E-state index contributed by atoms with van der Waals surface area (Å²) in [6, 6.07) is 2.04. The summed E-state index contributed by atoms with van der Waals surface area (Å²) < 4.78 is 8.62. The fourth-order valence-electron chi connectivity index (χ4n) is 2.74. The second-order valence-corrected chi connectivity index (χ2v) is 6.24. The molecular formula is C17H20N6O2. The molecule has 1 saturated carbocycles. The number of carbonyl (C=O) groups is 1. The van der Waals surface area contributed by atoms with Gasteiger partial charge in [0.1, 0.15) is 12.2 Å². The van der Waals surface area contributed by atoms with Crippen LogP contribution in [0.4, 0.5) is 11.6 Å². The molecule has 130 valence electrons. The first kappa shape index (κ1) is 15.6. The molecule has 4 rings (SSSR count). The number of fused-ring (bicyclic) bond motifs is 1. The smallest absolute Gasteiger partial charge is 0.327 e. The van der Waals surface area contributed by atoms with Gasteiger partial charge in [-0.3, -0.25) is 9.48 Å². The first-order valence-electron chi connectivity index (χ1n) is 8.48. The van der Waals surface area contributed by atoms with Crippen molar-refractivity contribution in [3.05, 3.63) is 30.9 Å². The fraction of sp³-hybridized carbons (Fsp3) is 0.412. The van der Waals surface area contributed by atoms with Crippen LogP contribution < -0.4 is 5.32 Å². The molecule has 0 unspecified atom stereocenters. The monoisotopic (exact) mass is 340 g/mol. The van der Waals surface area contributed by atoms with Gasteiger partial charge in [0.05, 0.1) is 18.5 Å². The van der Waals surface area contributed by atoms with Crippen molar-refractivity contribution in [3.63, 3.8) is 0 Å². The normalized spacial score (nSPS) is 14.0. The van der Waals surface area contributed by atoms with Crippen molar-refractivity contribution in [2.24, 2.45) is 5.92 Å². The second-order valence-electron chi connectivity index (χ2n) is 6.24. The Morgan fingerprint density at radius 1 is 1.40 bits per heavy atom. The van der Waals surface area contributed by atoms with Gasteiger partial charge in [0.2, 0.25) is 5.95 Å². The van der Waals surface area contributed by atoms with E-state index in [1.54, 1.807) is 19.3 Å². The lowest BCUT2D eigenvalue weighted by atomic mass is 10.4. The molecule has 3 aromatic heterocycles. The minimum atomic E-state index is -0.312. The highest BCUT2D eigenvalue weighted by atomic mass is 16.5. The summed E-state index contributed by atoms with van der Waals surface area (Å²) >= 11 is 0. The number of hydrogen-bond acceptors (Lipinski definition) is 6. The van der Waals surface area contributed by atoms with Crippen molar-refractivity contribution in [2.45, 2.75) is 32.9 Å². The summed E-state index contributed by atoms with van der Waals surface area (Å²) in [5.74, 6) is 0.981. The molecule has 0 bridgehead atoms. The fourth-order valence-corrected chi connectivity index (χ4v) is 2.74. The maximum absolute atomic E-state index is 11.5. The molecular weight excluding hydrogens is 320 g/mol. The minimum Gasteiger partial charge on any atom is -0.465 e. The summed E-state index contributed by atoms with van der Waals surface area (Å²) in [5, 5.41) is 8.31. The van der Waals surface area contributed by atoms with E-state index < -0.39 is 0 Å². The van der Waals surface area contributed by atoms with Crippen molar-refractivity contribution in [2.75, 3.05) is 11.9 Å². The molecule has 8 heteroatoms. The summed E-state index contributed by atoms with van der Waals surface area (Å²) in [7, 11) is 0. The van der Waals surface area contributed by atoms with Gasteiger partial charge in [0.15, 0.2) is 0 Å². The lowest BCUT2D eigenvalue weighted by Gasteiger charge is -2.05. The first-order chi connectivity index (χ1) is 12.2. The predicted molar refractivity (Wildman–Crippen MR) is 92.4 cm³/mol. The second kappa shape index (κ2) is 6.54. The molecule has 3 aromatic rings. The van der Waals surface area contributed by atoms with Crippen LogP contribution >= 0.6 is 0 Å². The van der Waals surface area contributed by atoms with Crippen LogP contribution in [0.1, 0.15) is 19.8 Å². The van der Waals surface area contributed by atoms with E-state index in [-0.39, 0.29) is 12.5 Å². The van der Waals surface area contributed by atoms with Crippen LogP contribution in [-0.2, 0) is 22.6 Å². The minimum absolute atomic E-state index is 0.0830. The molecule has 1 fully saturated rings. The maximum Gasteiger partial charge on any atom is 0.327 e. The van der Waals surface area contributed by atoms with Gasteiger partial charge in [-0.15, -0.1) is 0 Å². The van der Waals surface area contributed by atoms with Crippen molar-refractivity contribution in [3.8, 4) is 0 Å². The Morgan fingerprint density at radius 3 is 3.08 bits per heavy atom. The number of esters is 1. The quantitative estimate of drug-likeness (QED) is 0.664. The van der Waals surface area contributed by atoms with E-state index in [1.165, 1.54) is 17.5 Å². The van der Waals surface area contributed by atoms with E-state index in [0.29, 0.717) is 12.6 Å². The summed E-state index contributed by atoms with van der Waals surface area (Å²) in [5.41, 5.74) is 1.66. The number of rotatable bonds is 7. The SMILES string of the molecule is CCOC(=O)Cn1cc(Nc2ncc3ccn(CC4CC4)c3n2)cn1. The molecule has 0 atom stereocenters. The average molecular weight is 340 g/mol. The zero-order chi connectivity index (χ0) is 17.2. The number of hydrogen-bond donors (Lipinski definition) is 1. The molecule has 0 aromatic carbocycles. The predicted octanol–water partition coefficient (Wildman–Crippen LogP) is 2.34. The van der Waals surface area contributed by atoms with Crippen molar-refractivity contribution >= 4 is 28.6 Å². The van der Waals surface area contributed by atoms with Crippen LogP contribution in [0, 0.1) is 5.92 Å². The van der Waals surface area contributed by atoms with Gasteiger partial charge in [-0.05, 0) is 31.7 Å². The van der Waals surface area contributed by atoms with Crippen LogP contribution in [0.15, 0.2) is 30.9 Å². The Bertz CT molecular complexity index is 896. The third kappa shape index (κ3) is 3.62. The highest BCUT2D eigenvalue weighted by molar-refractivity contribution is 5.76. The van der Waals surface area contributed by atoms with Crippen molar-refractivity contribution in [1.29, 1.82) is 0 Å². The van der Waals surface area contributed by atoms with Crippen molar-refractivity contribution in [1.82, 2.24) is 24.3 Å². The largest absolute Gasteiger partial charge is 0.465 e. The molecule has 0 aliphatic heterocycles. The van der Waals surface area contributed by atoms with Crippen LogP contribution in [0.3, 0.4) is 0 Å². The molecule has 1 N–H and O–H groups in total. The van der Waals surface area contributed by atoms with E-state index in [9.17, 15) is 4.79 Å². The standard InChI is InChI=1S/C17H20N6O2/c1-2-25-15(24)11-23-10-14(8-19-23)20-17-18-7-13-5-6-22(16(13)21-17)9-12-3-4-12/h5-8,10,12H,2-4,9,11H2,1H3,(H,18,20,21). The van der Waals surface area contributed by atoms with Crippen LogP contribution in [0.25, 0.3) is 11.0 Å². The van der Waals surface area contributed by atoms with Gasteiger partial charge in [0.25, 0.3) is 0 Å². The van der Waals surface area contributed by atoms with Gasteiger partial charge in [0, 0.05) is 30.5 Å². The summed E-state index contributed by atoms with van der Waals surface area (Å²) in [6.45, 7) is 3.23. The van der Waals surface area contributed by atoms with Crippen molar-refractivity contribution < 1.29 is 9.53 Å². The number of nitrogens with zero attached hydrogens (tertiary/aromatic N) is 5. The molecule has 1 aliphatic carbocycles. The Labute approximate surface area is 144 Å². The summed E-state index contributed by atoms with van der Waals surface area (Å²) in [4.78, 5) is 20.5. The maximum atomic E-state index is 11.5. The number of aromatic nitrogens is 5. The Balaban J connectivity index is 1.48. The van der Waals surface area contributed by atoms with E-state index >= 15 is 0 Å². The van der Waals surface area contributed by atoms with Crippen LogP contribution in [0.2, 0.25) is 0 Å². The molecule has 25 heavy (non-hydrogen) atoms. The lowest BCUT2D eigenvalue weighted by molar-refractivity contribution is -0.144. The van der Waals surface area contributed by atoms with Crippen LogP contribution in [0.5, 0.6) is 0 Å². The average Bonchev–Trinajstić information content (AvgIpc) is 3.17. The van der Waals surface area contributed by atoms with Gasteiger partial charge < -0.3 is 14.6 Å². The van der Waals surface area contributed by atoms with E-state index in [2.05, 4.69) is 31.1 Å². The third-order valence-electron chi connectivity index (χ3n) is 4.14. The molecule has 8 nitrogen and oxygen atoms in total. The van der Waals surface area contributed by atoms with E-state index in [4.69, 9.17) is 4.74 Å². The molecule has 0 amide bonds. The van der Waals surface area contributed by atoms with Crippen LogP contribution in [-0.4, -0.2) is 36.9 Å². The van der Waals surface area contributed by atoms with Gasteiger partial charge >= 0.3 is 5.97 Å². The molecule has 3 heterocycles. The number of ether oxygens (including phenoxy) is 1. The highest BCUT2D eigenvalue weighted by Gasteiger charge is 2.22.